The number of thioether (sulfide) groups is 1. The van der Waals surface area contributed by atoms with Gasteiger partial charge in [0.25, 0.3) is 0 Å². The van der Waals surface area contributed by atoms with Gasteiger partial charge in [-0.15, -0.1) is 0 Å². The molecule has 2 aliphatic rings. The van der Waals surface area contributed by atoms with Gasteiger partial charge in [0.15, 0.2) is 21.4 Å². The molecule has 2 aliphatic heterocycles. The summed E-state index contributed by atoms with van der Waals surface area (Å²) in [5.74, 6) is -1.24. The number of aliphatic hydroxyl groups excluding tert-OH is 1. The summed E-state index contributed by atoms with van der Waals surface area (Å²) in [5.41, 5.74) is -0.255. The van der Waals surface area contributed by atoms with Crippen molar-refractivity contribution in [2.75, 3.05) is 31.3 Å². The van der Waals surface area contributed by atoms with Gasteiger partial charge < -0.3 is 14.6 Å². The molecule has 0 saturated carbocycles. The predicted octanol–water partition coefficient (Wildman–Crippen LogP) is 4.59. The molecule has 1 saturated heterocycles. The standard InChI is InChI=1S/C23H25ClF2O5S2/c24-15-2-4-16(5-3-15)33(28,29)23-9-11-30-20(8-13-32-12-1-10-27)17(23)14-31-22-19(26)7-6-18(25)21(22)23/h2-7,17,20,27H,1,8-14H2/t17-,20-,23-/m0/s1. The Morgan fingerprint density at radius 1 is 1.12 bits per heavy atom. The number of rotatable bonds is 8. The van der Waals surface area contributed by atoms with Crippen LogP contribution in [0.25, 0.3) is 0 Å². The summed E-state index contributed by atoms with van der Waals surface area (Å²) in [6.45, 7) is 0.0876. The van der Waals surface area contributed by atoms with E-state index in [1.807, 2.05) is 0 Å². The van der Waals surface area contributed by atoms with E-state index in [0.29, 0.717) is 23.6 Å². The minimum Gasteiger partial charge on any atom is -0.490 e. The van der Waals surface area contributed by atoms with Gasteiger partial charge in [-0.3, -0.25) is 0 Å². The quantitative estimate of drug-likeness (QED) is 0.515. The van der Waals surface area contributed by atoms with Gasteiger partial charge in [0.2, 0.25) is 0 Å². The highest BCUT2D eigenvalue weighted by Crippen LogP contribution is 2.56. The summed E-state index contributed by atoms with van der Waals surface area (Å²) in [7, 11) is -4.19. The van der Waals surface area contributed by atoms with E-state index in [1.54, 1.807) is 11.8 Å². The summed E-state index contributed by atoms with van der Waals surface area (Å²) in [5, 5.41) is 9.34. The molecule has 1 N–H and O–H groups in total. The van der Waals surface area contributed by atoms with Crippen molar-refractivity contribution < 1.29 is 31.8 Å². The molecule has 1 fully saturated rings. The van der Waals surface area contributed by atoms with Crippen LogP contribution in [-0.4, -0.2) is 51.0 Å². The predicted molar refractivity (Wildman–Crippen MR) is 124 cm³/mol. The van der Waals surface area contributed by atoms with E-state index in [2.05, 4.69) is 0 Å². The zero-order valence-corrected chi connectivity index (χ0v) is 20.2. The molecule has 0 amide bonds. The lowest BCUT2D eigenvalue weighted by molar-refractivity contribution is -0.0731. The Balaban J connectivity index is 1.81. The van der Waals surface area contributed by atoms with Crippen molar-refractivity contribution in [2.45, 2.75) is 35.0 Å². The second-order valence-corrected chi connectivity index (χ2v) is 12.0. The van der Waals surface area contributed by atoms with Gasteiger partial charge >= 0.3 is 0 Å². The molecule has 0 bridgehead atoms. The average Bonchev–Trinajstić information content (AvgIpc) is 2.81. The number of ether oxygens (including phenoxy) is 2. The van der Waals surface area contributed by atoms with Gasteiger partial charge in [-0.2, -0.15) is 11.8 Å². The fourth-order valence-electron chi connectivity index (χ4n) is 4.80. The molecule has 0 spiro atoms. The van der Waals surface area contributed by atoms with Crippen LogP contribution in [-0.2, 0) is 19.3 Å². The highest BCUT2D eigenvalue weighted by atomic mass is 35.5. The highest BCUT2D eigenvalue weighted by Gasteiger charge is 2.61. The largest absolute Gasteiger partial charge is 0.490 e. The molecule has 4 rings (SSSR count). The molecule has 2 heterocycles. The number of aliphatic hydroxyl groups is 1. The van der Waals surface area contributed by atoms with Gasteiger partial charge in [-0.25, -0.2) is 17.2 Å². The zero-order valence-electron chi connectivity index (χ0n) is 17.8. The molecule has 33 heavy (non-hydrogen) atoms. The molecule has 0 aromatic heterocycles. The van der Waals surface area contributed by atoms with E-state index in [0.717, 1.165) is 17.9 Å². The fourth-order valence-corrected chi connectivity index (χ4v) is 8.21. The monoisotopic (exact) mass is 518 g/mol. The van der Waals surface area contributed by atoms with Crippen molar-refractivity contribution in [2.24, 2.45) is 5.92 Å². The number of halogens is 3. The van der Waals surface area contributed by atoms with Crippen LogP contribution < -0.4 is 4.74 Å². The second kappa shape index (κ2) is 10.1. The summed E-state index contributed by atoms with van der Waals surface area (Å²) >= 11 is 7.59. The maximum absolute atomic E-state index is 15.3. The van der Waals surface area contributed by atoms with E-state index in [-0.39, 0.29) is 42.4 Å². The van der Waals surface area contributed by atoms with E-state index in [9.17, 15) is 12.8 Å². The first-order valence-electron chi connectivity index (χ1n) is 10.7. The third-order valence-corrected chi connectivity index (χ3v) is 10.3. The Hall–Kier alpha value is -1.39. The Kier molecular flexibility index (Phi) is 7.55. The molecule has 3 atom stereocenters. The maximum Gasteiger partial charge on any atom is 0.189 e. The van der Waals surface area contributed by atoms with Crippen molar-refractivity contribution in [1.82, 2.24) is 0 Å². The highest BCUT2D eigenvalue weighted by molar-refractivity contribution is 7.99. The van der Waals surface area contributed by atoms with E-state index in [4.69, 9.17) is 26.2 Å². The van der Waals surface area contributed by atoms with Crippen LogP contribution in [0.15, 0.2) is 41.3 Å². The SMILES string of the molecule is O=S(=O)(c1ccc(Cl)cc1)[C@@]12CCO[C@@H](CCSCCCO)[C@@H]1COc1c(F)ccc(F)c12. The first kappa shape index (κ1) is 24.7. The van der Waals surface area contributed by atoms with Crippen LogP contribution in [0.5, 0.6) is 5.75 Å². The van der Waals surface area contributed by atoms with Crippen molar-refractivity contribution in [3.8, 4) is 5.75 Å². The Labute approximate surface area is 201 Å². The lowest BCUT2D eigenvalue weighted by Crippen LogP contribution is -2.57. The van der Waals surface area contributed by atoms with Gasteiger partial charge in [0.1, 0.15) is 10.6 Å². The van der Waals surface area contributed by atoms with E-state index in [1.165, 1.54) is 24.3 Å². The Morgan fingerprint density at radius 2 is 1.85 bits per heavy atom. The minimum atomic E-state index is -4.19. The number of fused-ring (bicyclic) bond motifs is 3. The van der Waals surface area contributed by atoms with Gasteiger partial charge in [0, 0.05) is 24.2 Å². The molecule has 180 valence electrons. The third-order valence-electron chi connectivity index (χ3n) is 6.34. The fraction of sp³-hybridized carbons (Fsp3) is 0.478. The first-order chi connectivity index (χ1) is 15.8. The van der Waals surface area contributed by atoms with Crippen LogP contribution in [0, 0.1) is 17.6 Å². The lowest BCUT2D eigenvalue weighted by atomic mass is 9.75. The van der Waals surface area contributed by atoms with Crippen molar-refractivity contribution >= 4 is 33.2 Å². The number of sulfone groups is 1. The molecule has 0 unspecified atom stereocenters. The van der Waals surface area contributed by atoms with Gasteiger partial charge in [-0.05, 0) is 67.2 Å². The van der Waals surface area contributed by atoms with Crippen LogP contribution in [0.4, 0.5) is 8.78 Å². The van der Waals surface area contributed by atoms with Crippen LogP contribution >= 0.6 is 23.4 Å². The first-order valence-corrected chi connectivity index (χ1v) is 13.8. The molecule has 0 aliphatic carbocycles. The van der Waals surface area contributed by atoms with Crippen molar-refractivity contribution in [1.29, 1.82) is 0 Å². The summed E-state index contributed by atoms with van der Waals surface area (Å²) in [6, 6.07) is 7.63. The summed E-state index contributed by atoms with van der Waals surface area (Å²) in [4.78, 5) is -0.00798. The molecular weight excluding hydrogens is 494 g/mol. The third kappa shape index (κ3) is 4.38. The zero-order chi connectivity index (χ0) is 23.6. The Morgan fingerprint density at radius 3 is 2.58 bits per heavy atom. The summed E-state index contributed by atoms with van der Waals surface area (Å²) < 4.78 is 68.2. The van der Waals surface area contributed by atoms with Crippen LogP contribution in [0.3, 0.4) is 0 Å². The van der Waals surface area contributed by atoms with Crippen molar-refractivity contribution in [3.05, 3.63) is 58.6 Å². The molecule has 2 aromatic carbocycles. The number of hydrogen-bond acceptors (Lipinski definition) is 6. The van der Waals surface area contributed by atoms with Gasteiger partial charge in [-0.1, -0.05) is 11.6 Å². The van der Waals surface area contributed by atoms with E-state index < -0.39 is 38.2 Å². The topological polar surface area (TPSA) is 72.8 Å². The smallest absolute Gasteiger partial charge is 0.189 e. The van der Waals surface area contributed by atoms with Crippen LogP contribution in [0.1, 0.15) is 24.8 Å². The van der Waals surface area contributed by atoms with Crippen LogP contribution in [0.2, 0.25) is 5.02 Å². The summed E-state index contributed by atoms with van der Waals surface area (Å²) in [6.07, 6.45) is 0.648. The lowest BCUT2D eigenvalue weighted by Gasteiger charge is -2.50. The normalized spacial score (nSPS) is 24.6. The van der Waals surface area contributed by atoms with Gasteiger partial charge in [0.05, 0.1) is 23.2 Å². The Bertz CT molecular complexity index is 1100. The van der Waals surface area contributed by atoms with Crippen molar-refractivity contribution in [3.63, 3.8) is 0 Å². The molecule has 0 radical (unpaired) electrons. The molecular formula is C23H25ClF2O5S2. The average molecular weight is 519 g/mol. The molecule has 2 aromatic rings. The number of benzene rings is 2. The minimum absolute atomic E-state index is 0.00798. The second-order valence-electron chi connectivity index (χ2n) is 8.14. The number of hydrogen-bond donors (Lipinski definition) is 1. The molecule has 5 nitrogen and oxygen atoms in total. The molecule has 10 heteroatoms. The maximum atomic E-state index is 15.3. The van der Waals surface area contributed by atoms with E-state index >= 15 is 4.39 Å².